The molecule has 1 N–H and O–H groups in total. The van der Waals surface area contributed by atoms with Gasteiger partial charge in [0.05, 0.1) is 9.83 Å². The molecule has 11 heteroatoms. The molecule has 1 amide bonds. The number of carbonyl (C=O) groups is 1. The predicted molar refractivity (Wildman–Crippen MR) is 97.5 cm³/mol. The molecule has 1 aromatic carbocycles. The van der Waals surface area contributed by atoms with Crippen molar-refractivity contribution < 1.29 is 14.3 Å². The first-order valence-corrected chi connectivity index (χ1v) is 8.39. The van der Waals surface area contributed by atoms with Gasteiger partial charge in [-0.25, -0.2) is 9.53 Å². The van der Waals surface area contributed by atoms with E-state index < -0.39 is 10.8 Å². The van der Waals surface area contributed by atoms with Crippen LogP contribution in [0.1, 0.15) is 5.56 Å². The van der Waals surface area contributed by atoms with Crippen molar-refractivity contribution in [2.75, 3.05) is 4.90 Å². The van der Waals surface area contributed by atoms with Gasteiger partial charge in [-0.1, -0.05) is 0 Å². The number of nitrogens with zero attached hydrogens (tertiary/aromatic N) is 5. The van der Waals surface area contributed by atoms with Crippen molar-refractivity contribution in [1.29, 1.82) is 5.41 Å². The molecule has 10 nitrogen and oxygen atoms in total. The lowest BCUT2D eigenvalue weighted by atomic mass is 10.2. The highest BCUT2D eigenvalue weighted by molar-refractivity contribution is 8.19. The summed E-state index contributed by atoms with van der Waals surface area (Å²) in [6.07, 6.45) is 5.00. The minimum atomic E-state index is -0.496. The second kappa shape index (κ2) is 6.53. The molecular weight excluding hydrogens is 372 g/mol. The van der Waals surface area contributed by atoms with Gasteiger partial charge in [0.1, 0.15) is 0 Å². The van der Waals surface area contributed by atoms with Crippen LogP contribution in [0.25, 0.3) is 11.9 Å². The van der Waals surface area contributed by atoms with Crippen LogP contribution in [0.2, 0.25) is 0 Å². The maximum Gasteiger partial charge on any atom is 0.272 e. The van der Waals surface area contributed by atoms with E-state index in [1.54, 1.807) is 35.2 Å². The third-order valence-electron chi connectivity index (χ3n) is 3.74. The van der Waals surface area contributed by atoms with Crippen LogP contribution in [0.15, 0.2) is 58.3 Å². The molecule has 3 heterocycles. The monoisotopic (exact) mass is 382 g/mol. The summed E-state index contributed by atoms with van der Waals surface area (Å²) in [5, 5.41) is 26.4. The number of carbonyl (C=O) groups excluding carboxylic acids is 1. The van der Waals surface area contributed by atoms with E-state index in [1.807, 2.05) is 0 Å². The molecule has 0 saturated carbocycles. The number of nitro groups is 1. The number of non-ortho nitro benzene ring substituents is 1. The Bertz CT molecular complexity index is 1070. The summed E-state index contributed by atoms with van der Waals surface area (Å²) >= 11 is 0.960. The summed E-state index contributed by atoms with van der Waals surface area (Å²) in [4.78, 5) is 24.4. The fraction of sp³-hybridized carbons (Fsp3) is 0. The standard InChI is InChI=1S/C16H10N6O4S/c17-16-21(14-13(18-26-19-14)20-7-1-2-8-20)15(23)12(27-16)9-10-3-5-11(6-4-10)22(24)25/h1-9,17H/b12-9+,17-16?. The third-order valence-corrected chi connectivity index (χ3v) is 4.63. The Hall–Kier alpha value is -3.73. The smallest absolute Gasteiger partial charge is 0.272 e. The Kier molecular flexibility index (Phi) is 4.05. The molecule has 0 bridgehead atoms. The van der Waals surface area contributed by atoms with Gasteiger partial charge < -0.3 is 4.57 Å². The van der Waals surface area contributed by atoms with Crippen molar-refractivity contribution in [2.24, 2.45) is 0 Å². The molecule has 0 spiro atoms. The van der Waals surface area contributed by atoms with Crippen LogP contribution in [-0.2, 0) is 4.79 Å². The summed E-state index contributed by atoms with van der Waals surface area (Å²) in [5.74, 6) is -0.0523. The largest absolute Gasteiger partial charge is 0.303 e. The first-order valence-electron chi connectivity index (χ1n) is 7.57. The predicted octanol–water partition coefficient (Wildman–Crippen LogP) is 2.82. The summed E-state index contributed by atoms with van der Waals surface area (Å²) in [7, 11) is 0. The van der Waals surface area contributed by atoms with Crippen LogP contribution >= 0.6 is 11.8 Å². The zero-order chi connectivity index (χ0) is 19.0. The number of nitrogens with one attached hydrogen (secondary N) is 1. The number of rotatable bonds is 4. The third kappa shape index (κ3) is 3.00. The van der Waals surface area contributed by atoms with Crippen molar-refractivity contribution in [2.45, 2.75) is 0 Å². The number of anilines is 1. The number of benzene rings is 1. The van der Waals surface area contributed by atoms with Crippen molar-refractivity contribution in [3.63, 3.8) is 0 Å². The Balaban J connectivity index is 1.65. The molecular formula is C16H10N6O4S. The molecule has 1 aliphatic rings. The molecule has 0 radical (unpaired) electrons. The van der Waals surface area contributed by atoms with Crippen molar-refractivity contribution in [1.82, 2.24) is 14.9 Å². The van der Waals surface area contributed by atoms with Crippen molar-refractivity contribution >= 4 is 40.4 Å². The Labute approximate surface area is 155 Å². The van der Waals surface area contributed by atoms with Crippen LogP contribution in [-0.4, -0.2) is 30.9 Å². The molecule has 0 unspecified atom stereocenters. The molecule has 1 fully saturated rings. The Morgan fingerprint density at radius 3 is 2.48 bits per heavy atom. The Morgan fingerprint density at radius 2 is 1.81 bits per heavy atom. The normalized spacial score (nSPS) is 15.7. The SMILES string of the molecule is N=C1S/C(=C/c2ccc([N+](=O)[O-])cc2)C(=O)N1c1nonc1-n1cccc1. The van der Waals surface area contributed by atoms with Gasteiger partial charge >= 0.3 is 0 Å². The highest BCUT2D eigenvalue weighted by Crippen LogP contribution is 2.36. The zero-order valence-corrected chi connectivity index (χ0v) is 14.3. The maximum atomic E-state index is 12.8. The topological polar surface area (TPSA) is 131 Å². The van der Waals surface area contributed by atoms with E-state index in [0.717, 1.165) is 16.7 Å². The number of aromatic nitrogens is 3. The minimum Gasteiger partial charge on any atom is -0.303 e. The lowest BCUT2D eigenvalue weighted by molar-refractivity contribution is -0.384. The van der Waals surface area contributed by atoms with Crippen LogP contribution in [0.5, 0.6) is 0 Å². The van der Waals surface area contributed by atoms with E-state index in [9.17, 15) is 14.9 Å². The molecule has 134 valence electrons. The fourth-order valence-electron chi connectivity index (χ4n) is 2.48. The van der Waals surface area contributed by atoms with Gasteiger partial charge in [0, 0.05) is 24.5 Å². The second-order valence-corrected chi connectivity index (χ2v) is 6.44. The average Bonchev–Trinajstić information content (AvgIpc) is 3.37. The second-order valence-electron chi connectivity index (χ2n) is 5.41. The number of hydrogen-bond donors (Lipinski definition) is 1. The molecule has 4 rings (SSSR count). The summed E-state index contributed by atoms with van der Waals surface area (Å²) in [6.45, 7) is 0. The highest BCUT2D eigenvalue weighted by Gasteiger charge is 2.37. The van der Waals surface area contributed by atoms with E-state index in [1.165, 1.54) is 24.3 Å². The molecule has 0 aliphatic carbocycles. The van der Waals surface area contributed by atoms with E-state index >= 15 is 0 Å². The molecule has 0 atom stereocenters. The number of thioether (sulfide) groups is 1. The van der Waals surface area contributed by atoms with Crippen LogP contribution in [0.3, 0.4) is 0 Å². The van der Waals surface area contributed by atoms with E-state index in [2.05, 4.69) is 10.3 Å². The van der Waals surface area contributed by atoms with Crippen molar-refractivity contribution in [3.05, 3.63) is 69.4 Å². The van der Waals surface area contributed by atoms with Gasteiger partial charge in [-0.2, -0.15) is 0 Å². The van der Waals surface area contributed by atoms with Gasteiger partial charge in [-0.3, -0.25) is 20.3 Å². The molecule has 1 aliphatic heterocycles. The van der Waals surface area contributed by atoms with Crippen molar-refractivity contribution in [3.8, 4) is 5.82 Å². The summed E-state index contributed by atoms with van der Waals surface area (Å²) < 4.78 is 6.38. The Morgan fingerprint density at radius 1 is 1.15 bits per heavy atom. The van der Waals surface area contributed by atoms with Gasteiger partial charge in [0.2, 0.25) is 11.6 Å². The van der Waals surface area contributed by atoms with Crippen LogP contribution < -0.4 is 4.90 Å². The van der Waals surface area contributed by atoms with Gasteiger partial charge in [-0.15, -0.1) is 0 Å². The summed E-state index contributed by atoms with van der Waals surface area (Å²) in [6, 6.07) is 9.34. The number of amidine groups is 1. The van der Waals surface area contributed by atoms with E-state index in [-0.39, 0.29) is 27.4 Å². The van der Waals surface area contributed by atoms with Gasteiger partial charge in [0.25, 0.3) is 11.6 Å². The van der Waals surface area contributed by atoms with Crippen LogP contribution in [0, 0.1) is 15.5 Å². The molecule has 1 saturated heterocycles. The number of nitro benzene ring substituents is 1. The number of hydrogen-bond acceptors (Lipinski definition) is 8. The fourth-order valence-corrected chi connectivity index (χ4v) is 3.32. The zero-order valence-electron chi connectivity index (χ0n) is 13.5. The van der Waals surface area contributed by atoms with E-state index in [0.29, 0.717) is 5.56 Å². The lowest BCUT2D eigenvalue weighted by Crippen LogP contribution is -2.29. The first-order chi connectivity index (χ1) is 13.0. The first kappa shape index (κ1) is 16.7. The molecule has 27 heavy (non-hydrogen) atoms. The van der Waals surface area contributed by atoms with E-state index in [4.69, 9.17) is 10.0 Å². The van der Waals surface area contributed by atoms with Crippen LogP contribution in [0.4, 0.5) is 11.5 Å². The number of amides is 1. The lowest BCUT2D eigenvalue weighted by Gasteiger charge is -2.11. The average molecular weight is 382 g/mol. The molecule has 2 aromatic heterocycles. The van der Waals surface area contributed by atoms with Gasteiger partial charge in [-0.05, 0) is 58.0 Å². The van der Waals surface area contributed by atoms with Gasteiger partial charge in [0.15, 0.2) is 5.17 Å². The minimum absolute atomic E-state index is 0.0399. The quantitative estimate of drug-likeness (QED) is 0.417. The highest BCUT2D eigenvalue weighted by atomic mass is 32.2. The molecule has 3 aromatic rings. The maximum absolute atomic E-state index is 12.8. The summed E-state index contributed by atoms with van der Waals surface area (Å²) in [5.41, 5.74) is 0.567.